The second-order valence-corrected chi connectivity index (χ2v) is 17.1. The van der Waals surface area contributed by atoms with Crippen LogP contribution < -0.4 is 26.6 Å². The van der Waals surface area contributed by atoms with Crippen LogP contribution in [0.2, 0.25) is 0 Å². The van der Waals surface area contributed by atoms with E-state index in [1.807, 2.05) is 0 Å². The van der Waals surface area contributed by atoms with E-state index in [0.717, 1.165) is 51.3 Å². The topological polar surface area (TPSA) is 249 Å². The normalized spacial score (nSPS) is 40.2. The van der Waals surface area contributed by atoms with Crippen molar-refractivity contribution in [2.45, 2.75) is 130 Å². The number of rotatable bonds is 14. The molecule has 298 valence electrons. The summed E-state index contributed by atoms with van der Waals surface area (Å²) in [5.74, 6) is -2.28. The Morgan fingerprint density at radius 1 is 0.788 bits per heavy atom. The van der Waals surface area contributed by atoms with Crippen LogP contribution in [0.5, 0.6) is 0 Å². The second kappa shape index (κ2) is 19.3. The van der Waals surface area contributed by atoms with E-state index in [9.17, 15) is 28.2 Å². The van der Waals surface area contributed by atoms with Gasteiger partial charge in [-0.2, -0.15) is 18.6 Å². The van der Waals surface area contributed by atoms with Gasteiger partial charge in [0.2, 0.25) is 0 Å². The van der Waals surface area contributed by atoms with Gasteiger partial charge in [-0.25, -0.2) is 4.89 Å². The number of methoxy groups -OCH3 is 2. The average molecular weight is 782 g/mol. The molecular formula is C31H55N7O12S2. The molecule has 0 aromatic carbocycles. The lowest BCUT2D eigenvalue weighted by atomic mass is 9.65. The van der Waals surface area contributed by atoms with Crippen molar-refractivity contribution in [2.75, 3.05) is 28.4 Å². The molecule has 1 saturated heterocycles. The first-order chi connectivity index (χ1) is 25.0. The van der Waals surface area contributed by atoms with Gasteiger partial charge in [-0.1, -0.05) is 30.7 Å². The molecule has 4 aliphatic carbocycles. The highest BCUT2D eigenvalue weighted by atomic mass is 32.2. The number of nitrogens with one attached hydrogen (secondary N) is 5. The Labute approximate surface area is 308 Å². The van der Waals surface area contributed by atoms with Crippen LogP contribution in [0.1, 0.15) is 70.6 Å². The van der Waals surface area contributed by atoms with Gasteiger partial charge in [0.1, 0.15) is 18.6 Å². The molecule has 0 aromatic rings. The molecule has 5 rings (SSSR count). The lowest BCUT2D eigenvalue weighted by Crippen LogP contribution is -2.77. The van der Waals surface area contributed by atoms with Crippen molar-refractivity contribution in [2.24, 2.45) is 33.9 Å². The van der Waals surface area contributed by atoms with E-state index in [2.05, 4.69) is 46.7 Å². The highest BCUT2D eigenvalue weighted by Gasteiger charge is 2.54. The van der Waals surface area contributed by atoms with Gasteiger partial charge in [0.05, 0.1) is 62.9 Å². The Hall–Kier alpha value is -1.60. The first kappa shape index (κ1) is 41.6. The summed E-state index contributed by atoms with van der Waals surface area (Å²) in [4.78, 5) is 29.7. The number of carbonyl (C=O) groups is 2. The minimum Gasteiger partial charge on any atom is -0.469 e. The van der Waals surface area contributed by atoms with Crippen molar-refractivity contribution in [1.82, 2.24) is 26.6 Å². The van der Waals surface area contributed by atoms with Crippen LogP contribution >= 0.6 is 12.0 Å². The van der Waals surface area contributed by atoms with E-state index < -0.39 is 75.6 Å². The summed E-state index contributed by atoms with van der Waals surface area (Å²) in [5.41, 5.74) is 0. The standard InChI is InChI=1S/C31H55N7O12S2/c1-45-27(40)18-9-5-7-11-20(18)32-29-34-30(36-31(42)35-29)33-22-15-17(52(43,44)48-4)13-16-14-23(51-50-49-47-3)25(26(39)24(16)22)38-37-21-12-8-6-10-19(21)28(41)46-2/h16-26,29-36,39,42H,5-15H2,1-4H3. The number of hydrogen-bond acceptors (Lipinski definition) is 20. The summed E-state index contributed by atoms with van der Waals surface area (Å²) in [6.45, 7) is 0. The van der Waals surface area contributed by atoms with Crippen LogP contribution in [0, 0.1) is 23.7 Å². The maximum atomic E-state index is 13.1. The summed E-state index contributed by atoms with van der Waals surface area (Å²) < 4.78 is 46.5. The van der Waals surface area contributed by atoms with Crippen molar-refractivity contribution in [3.05, 3.63) is 0 Å². The molecule has 7 N–H and O–H groups in total. The van der Waals surface area contributed by atoms with E-state index in [1.165, 1.54) is 21.3 Å². The van der Waals surface area contributed by atoms with Crippen molar-refractivity contribution in [1.29, 1.82) is 0 Å². The van der Waals surface area contributed by atoms with Crippen LogP contribution in [0.4, 0.5) is 0 Å². The fraction of sp³-hybridized carbons (Fsp3) is 0.935. The number of azo groups is 1. The molecule has 5 fully saturated rings. The smallest absolute Gasteiger partial charge is 0.310 e. The zero-order valence-corrected chi connectivity index (χ0v) is 31.7. The van der Waals surface area contributed by atoms with Crippen molar-refractivity contribution in [3.63, 3.8) is 0 Å². The van der Waals surface area contributed by atoms with Crippen LogP contribution in [-0.4, -0.2) is 119 Å². The third kappa shape index (κ3) is 10.2. The maximum Gasteiger partial charge on any atom is 0.310 e. The first-order valence-corrected chi connectivity index (χ1v) is 20.3. The molecule has 0 amide bonds. The molecule has 1 heterocycles. The highest BCUT2D eigenvalue weighted by molar-refractivity contribution is 7.95. The molecule has 19 nitrogen and oxygen atoms in total. The van der Waals surface area contributed by atoms with E-state index in [-0.39, 0.29) is 42.7 Å². The summed E-state index contributed by atoms with van der Waals surface area (Å²) in [6, 6.07) is -2.06. The van der Waals surface area contributed by atoms with Crippen LogP contribution in [0.3, 0.4) is 0 Å². The quantitative estimate of drug-likeness (QED) is 0.0235. The lowest BCUT2D eigenvalue weighted by Gasteiger charge is -2.51. The Morgan fingerprint density at radius 3 is 2.10 bits per heavy atom. The van der Waals surface area contributed by atoms with Crippen LogP contribution in [0.25, 0.3) is 0 Å². The molecule has 0 radical (unpaired) electrons. The second-order valence-electron chi connectivity index (χ2n) is 14.2. The average Bonchev–Trinajstić information content (AvgIpc) is 3.14. The summed E-state index contributed by atoms with van der Waals surface area (Å²) in [6.07, 6.45) is 3.27. The number of fused-ring (bicyclic) bond motifs is 1. The van der Waals surface area contributed by atoms with Gasteiger partial charge in [0.25, 0.3) is 10.1 Å². The van der Waals surface area contributed by atoms with Gasteiger partial charge >= 0.3 is 11.9 Å². The monoisotopic (exact) mass is 781 g/mol. The molecule has 0 aromatic heterocycles. The molecule has 5 aliphatic rings. The van der Waals surface area contributed by atoms with E-state index in [4.69, 9.17) is 18.0 Å². The molecule has 14 atom stereocenters. The van der Waals surface area contributed by atoms with Crippen LogP contribution in [0.15, 0.2) is 10.2 Å². The van der Waals surface area contributed by atoms with Gasteiger partial charge in [-0.05, 0) is 50.9 Å². The third-order valence-corrected chi connectivity index (χ3v) is 13.8. The number of nitrogens with zero attached hydrogens (tertiary/aromatic N) is 2. The molecule has 0 bridgehead atoms. The van der Waals surface area contributed by atoms with Gasteiger partial charge in [-0.15, -0.1) is 4.33 Å². The Kier molecular flexibility index (Phi) is 15.4. The number of carbonyl (C=O) groups excluding carboxylic acids is 2. The number of hydrogen-bond donors (Lipinski definition) is 7. The third-order valence-electron chi connectivity index (χ3n) is 11.2. The summed E-state index contributed by atoms with van der Waals surface area (Å²) >= 11 is 0.899. The van der Waals surface area contributed by atoms with Gasteiger partial charge < -0.3 is 19.7 Å². The van der Waals surface area contributed by atoms with Gasteiger partial charge in [0.15, 0.2) is 6.35 Å². The summed E-state index contributed by atoms with van der Waals surface area (Å²) in [7, 11) is 1.17. The fourth-order valence-corrected chi connectivity index (χ4v) is 10.8. The Bertz CT molecular complexity index is 1320. The SMILES string of the molecule is COOOSC1CC2CC(S(=O)(=O)OC)CC(NC3NC(O)NC(NC4CCCCC4C(=O)OC)N3)C2C(O)C1N=NC1CCCCC1C(=O)OC. The minimum absolute atomic E-state index is 0.0981. The Morgan fingerprint density at radius 2 is 1.42 bits per heavy atom. The molecule has 1 aliphatic heterocycles. The molecular weight excluding hydrogens is 727 g/mol. The van der Waals surface area contributed by atoms with Crippen molar-refractivity contribution >= 4 is 34.1 Å². The number of aliphatic hydroxyl groups is 2. The van der Waals surface area contributed by atoms with Gasteiger partial charge in [-0.3, -0.25) is 40.4 Å². The largest absolute Gasteiger partial charge is 0.469 e. The minimum atomic E-state index is -3.96. The maximum absolute atomic E-state index is 13.1. The molecule has 4 saturated carbocycles. The molecule has 52 heavy (non-hydrogen) atoms. The van der Waals surface area contributed by atoms with E-state index >= 15 is 0 Å². The highest BCUT2D eigenvalue weighted by Crippen LogP contribution is 2.47. The zero-order chi connectivity index (χ0) is 37.4. The fourth-order valence-electron chi connectivity index (χ4n) is 8.75. The number of ether oxygens (including phenoxy) is 2. The van der Waals surface area contributed by atoms with Crippen LogP contribution in [-0.2, 0) is 47.6 Å². The predicted octanol–water partition coefficient (Wildman–Crippen LogP) is 0.106. The first-order valence-electron chi connectivity index (χ1n) is 18.0. The van der Waals surface area contributed by atoms with E-state index in [0.29, 0.717) is 25.7 Å². The molecule has 0 spiro atoms. The number of esters is 2. The summed E-state index contributed by atoms with van der Waals surface area (Å²) in [5, 5.41) is 51.6. The van der Waals surface area contributed by atoms with Crippen molar-refractivity contribution in [3.8, 4) is 0 Å². The van der Waals surface area contributed by atoms with Crippen molar-refractivity contribution < 1.29 is 56.1 Å². The van der Waals surface area contributed by atoms with E-state index in [1.54, 1.807) is 0 Å². The zero-order valence-electron chi connectivity index (χ0n) is 30.0. The van der Waals surface area contributed by atoms with Gasteiger partial charge in [0, 0.05) is 30.0 Å². The Balaban J connectivity index is 1.38. The molecule has 14 unspecified atom stereocenters. The lowest BCUT2D eigenvalue weighted by molar-refractivity contribution is -0.447. The number of aliphatic hydroxyl groups excluding tert-OH is 2. The predicted molar refractivity (Wildman–Crippen MR) is 184 cm³/mol. The molecule has 21 heteroatoms.